The van der Waals surface area contributed by atoms with Crippen LogP contribution in [0.4, 0.5) is 5.13 Å². The molecule has 2 aromatic heterocycles. The van der Waals surface area contributed by atoms with Gasteiger partial charge in [-0.2, -0.15) is 4.98 Å². The van der Waals surface area contributed by atoms with E-state index in [1.807, 2.05) is 30.3 Å². The van der Waals surface area contributed by atoms with Crippen molar-refractivity contribution in [2.75, 3.05) is 5.32 Å². The molecule has 0 saturated heterocycles. The van der Waals surface area contributed by atoms with Gasteiger partial charge in [0.15, 0.2) is 10.8 Å². The van der Waals surface area contributed by atoms with Gasteiger partial charge in [0.25, 0.3) is 4.74 Å². The van der Waals surface area contributed by atoms with Gasteiger partial charge in [0.05, 0.1) is 6.33 Å². The number of aromatic amines is 1. The SMILES string of the molecule is O=c1sc(NCc2ccccc2)nc2nc[nH]c12. The third-order valence-corrected chi connectivity index (χ3v) is 3.33. The van der Waals surface area contributed by atoms with E-state index in [1.54, 1.807) is 0 Å². The highest BCUT2D eigenvalue weighted by Gasteiger charge is 2.06. The summed E-state index contributed by atoms with van der Waals surface area (Å²) in [5.41, 5.74) is 2.06. The molecule has 0 unspecified atom stereocenters. The van der Waals surface area contributed by atoms with Gasteiger partial charge in [-0.1, -0.05) is 41.7 Å². The molecule has 6 heteroatoms. The van der Waals surface area contributed by atoms with Crippen molar-refractivity contribution in [3.8, 4) is 0 Å². The molecule has 0 aliphatic carbocycles. The minimum absolute atomic E-state index is 0.0620. The van der Waals surface area contributed by atoms with Gasteiger partial charge in [-0.25, -0.2) is 4.98 Å². The molecule has 0 saturated carbocycles. The summed E-state index contributed by atoms with van der Waals surface area (Å²) >= 11 is 1.08. The fraction of sp³-hybridized carbons (Fsp3) is 0.0833. The summed E-state index contributed by atoms with van der Waals surface area (Å²) in [7, 11) is 0. The number of benzene rings is 1. The molecule has 0 spiro atoms. The Morgan fingerprint density at radius 1 is 1.28 bits per heavy atom. The third kappa shape index (κ3) is 2.10. The molecule has 18 heavy (non-hydrogen) atoms. The number of aromatic nitrogens is 3. The van der Waals surface area contributed by atoms with Crippen molar-refractivity contribution >= 4 is 27.6 Å². The number of rotatable bonds is 3. The Morgan fingerprint density at radius 3 is 2.94 bits per heavy atom. The minimum atomic E-state index is -0.0620. The van der Waals surface area contributed by atoms with Crippen LogP contribution in [0.15, 0.2) is 41.5 Å². The Labute approximate surface area is 107 Å². The van der Waals surface area contributed by atoms with E-state index in [-0.39, 0.29) is 4.74 Å². The van der Waals surface area contributed by atoms with Gasteiger partial charge in [0.2, 0.25) is 0 Å². The highest BCUT2D eigenvalue weighted by molar-refractivity contribution is 7.13. The van der Waals surface area contributed by atoms with E-state index in [9.17, 15) is 4.79 Å². The van der Waals surface area contributed by atoms with Crippen molar-refractivity contribution < 1.29 is 0 Å². The molecular formula is C12H10N4OS. The van der Waals surface area contributed by atoms with Gasteiger partial charge in [-0.05, 0) is 5.56 Å². The lowest BCUT2D eigenvalue weighted by molar-refractivity contribution is 1.13. The van der Waals surface area contributed by atoms with Crippen LogP contribution in [-0.2, 0) is 6.54 Å². The van der Waals surface area contributed by atoms with Crippen LogP contribution in [0.2, 0.25) is 0 Å². The zero-order valence-electron chi connectivity index (χ0n) is 9.38. The van der Waals surface area contributed by atoms with Crippen molar-refractivity contribution in [2.24, 2.45) is 0 Å². The van der Waals surface area contributed by atoms with Crippen LogP contribution in [0.3, 0.4) is 0 Å². The summed E-state index contributed by atoms with van der Waals surface area (Å²) in [5.74, 6) is 0. The monoisotopic (exact) mass is 258 g/mol. The van der Waals surface area contributed by atoms with E-state index in [2.05, 4.69) is 20.3 Å². The molecule has 3 aromatic rings. The van der Waals surface area contributed by atoms with Gasteiger partial charge < -0.3 is 10.3 Å². The van der Waals surface area contributed by atoms with Crippen LogP contribution >= 0.6 is 11.3 Å². The third-order valence-electron chi connectivity index (χ3n) is 2.51. The molecule has 2 heterocycles. The summed E-state index contributed by atoms with van der Waals surface area (Å²) < 4.78 is -0.0620. The molecule has 0 aliphatic rings. The zero-order valence-corrected chi connectivity index (χ0v) is 10.2. The van der Waals surface area contributed by atoms with Crippen molar-refractivity contribution in [1.82, 2.24) is 15.0 Å². The molecule has 0 aliphatic heterocycles. The smallest absolute Gasteiger partial charge is 0.263 e. The lowest BCUT2D eigenvalue weighted by Gasteiger charge is -2.03. The van der Waals surface area contributed by atoms with Crippen molar-refractivity contribution in [1.29, 1.82) is 0 Å². The molecule has 1 aromatic carbocycles. The van der Waals surface area contributed by atoms with Gasteiger partial charge in [-0.3, -0.25) is 4.79 Å². The first-order valence-electron chi connectivity index (χ1n) is 5.45. The number of H-pyrrole nitrogens is 1. The second-order valence-electron chi connectivity index (χ2n) is 3.75. The van der Waals surface area contributed by atoms with E-state index in [0.29, 0.717) is 22.8 Å². The average molecular weight is 258 g/mol. The van der Waals surface area contributed by atoms with Crippen molar-refractivity contribution in [2.45, 2.75) is 6.54 Å². The van der Waals surface area contributed by atoms with Gasteiger partial charge in [0.1, 0.15) is 5.52 Å². The number of imidazole rings is 1. The van der Waals surface area contributed by atoms with Gasteiger partial charge in [0, 0.05) is 6.54 Å². The summed E-state index contributed by atoms with van der Waals surface area (Å²) in [6, 6.07) is 9.95. The van der Waals surface area contributed by atoms with Crippen LogP contribution < -0.4 is 10.1 Å². The largest absolute Gasteiger partial charge is 0.357 e. The first-order valence-corrected chi connectivity index (χ1v) is 6.26. The van der Waals surface area contributed by atoms with Crippen molar-refractivity contribution in [3.05, 3.63) is 51.8 Å². The number of anilines is 1. The molecule has 0 fully saturated rings. The molecule has 0 atom stereocenters. The summed E-state index contributed by atoms with van der Waals surface area (Å²) in [5, 5.41) is 3.72. The zero-order chi connectivity index (χ0) is 12.4. The Hall–Kier alpha value is -2.21. The molecule has 0 amide bonds. The molecule has 0 radical (unpaired) electrons. The van der Waals surface area contributed by atoms with E-state index < -0.39 is 0 Å². The summed E-state index contributed by atoms with van der Waals surface area (Å²) in [6.07, 6.45) is 1.48. The maximum absolute atomic E-state index is 11.7. The van der Waals surface area contributed by atoms with Crippen LogP contribution in [-0.4, -0.2) is 15.0 Å². The van der Waals surface area contributed by atoms with Crippen LogP contribution in [0, 0.1) is 0 Å². The fourth-order valence-electron chi connectivity index (χ4n) is 1.63. The normalized spacial score (nSPS) is 10.7. The molecule has 3 rings (SSSR count). The highest BCUT2D eigenvalue weighted by atomic mass is 32.1. The summed E-state index contributed by atoms with van der Waals surface area (Å²) in [6.45, 7) is 0.639. The first kappa shape index (κ1) is 10.9. The maximum atomic E-state index is 11.7. The maximum Gasteiger partial charge on any atom is 0.263 e. The number of fused-ring (bicyclic) bond motifs is 1. The quantitative estimate of drug-likeness (QED) is 0.753. The Balaban J connectivity index is 1.85. The van der Waals surface area contributed by atoms with Crippen LogP contribution in [0.5, 0.6) is 0 Å². The minimum Gasteiger partial charge on any atom is -0.357 e. The van der Waals surface area contributed by atoms with E-state index >= 15 is 0 Å². The van der Waals surface area contributed by atoms with Crippen molar-refractivity contribution in [3.63, 3.8) is 0 Å². The predicted molar refractivity (Wildman–Crippen MR) is 71.8 cm³/mol. The number of hydrogen-bond acceptors (Lipinski definition) is 5. The molecule has 5 nitrogen and oxygen atoms in total. The second-order valence-corrected chi connectivity index (χ2v) is 4.71. The van der Waals surface area contributed by atoms with Gasteiger partial charge >= 0.3 is 0 Å². The molecular weight excluding hydrogens is 248 g/mol. The van der Waals surface area contributed by atoms with Crippen LogP contribution in [0.1, 0.15) is 5.56 Å². The number of nitrogens with zero attached hydrogens (tertiary/aromatic N) is 2. The van der Waals surface area contributed by atoms with E-state index in [1.165, 1.54) is 6.33 Å². The average Bonchev–Trinajstić information content (AvgIpc) is 2.86. The Morgan fingerprint density at radius 2 is 2.11 bits per heavy atom. The first-order chi connectivity index (χ1) is 8.83. The fourth-order valence-corrected chi connectivity index (χ4v) is 2.33. The Bertz CT molecular complexity index is 720. The molecule has 90 valence electrons. The van der Waals surface area contributed by atoms with E-state index in [4.69, 9.17) is 0 Å². The number of nitrogens with one attached hydrogen (secondary N) is 2. The topological polar surface area (TPSA) is 70.7 Å². The molecule has 0 bridgehead atoms. The standard InChI is InChI=1S/C12H10N4OS/c17-11-9-10(15-7-14-9)16-12(18-11)13-6-8-4-2-1-3-5-8/h1-5,7H,6H2,(H,13,16)(H,14,15). The molecule has 2 N–H and O–H groups in total. The number of hydrogen-bond donors (Lipinski definition) is 2. The highest BCUT2D eigenvalue weighted by Crippen LogP contribution is 2.12. The van der Waals surface area contributed by atoms with Gasteiger partial charge in [-0.15, -0.1) is 0 Å². The summed E-state index contributed by atoms with van der Waals surface area (Å²) in [4.78, 5) is 22.8. The second kappa shape index (κ2) is 4.58. The Kier molecular flexibility index (Phi) is 2.77. The van der Waals surface area contributed by atoms with E-state index in [0.717, 1.165) is 16.9 Å². The lowest BCUT2D eigenvalue weighted by atomic mass is 10.2. The predicted octanol–water partition coefficient (Wildman–Crippen LogP) is 1.99. The lowest BCUT2D eigenvalue weighted by Crippen LogP contribution is -2.04. The van der Waals surface area contributed by atoms with Crippen LogP contribution in [0.25, 0.3) is 11.2 Å².